The van der Waals surface area contributed by atoms with E-state index >= 15 is 0 Å². The summed E-state index contributed by atoms with van der Waals surface area (Å²) in [6.45, 7) is 0.580. The van der Waals surface area contributed by atoms with Gasteiger partial charge in [0.15, 0.2) is 8.68 Å². The number of sulfonamides is 1. The molecule has 0 aliphatic rings. The molecule has 0 aliphatic heterocycles. The molecule has 1 aromatic heterocycles. The molecule has 1 rings (SSSR count). The molecule has 0 saturated heterocycles. The quantitative estimate of drug-likeness (QED) is 0.776. The number of hydrogen-bond donors (Lipinski definition) is 1. The summed E-state index contributed by atoms with van der Waals surface area (Å²) in [7, 11) is -3.72. The van der Waals surface area contributed by atoms with Gasteiger partial charge in [-0.05, 0) is 6.92 Å². The van der Waals surface area contributed by atoms with Crippen molar-refractivity contribution >= 4 is 33.0 Å². The first-order valence-corrected chi connectivity index (χ1v) is 7.49. The molecule has 1 heterocycles. The van der Waals surface area contributed by atoms with Crippen LogP contribution in [0.3, 0.4) is 0 Å². The molecule has 0 unspecified atom stereocenters. The molecular weight excluding hydrogens is 310 g/mol. The molecule has 0 aliphatic carbocycles. The van der Waals surface area contributed by atoms with Crippen LogP contribution in [0.5, 0.6) is 0 Å². The van der Waals surface area contributed by atoms with Crippen LogP contribution >= 0.6 is 22.9 Å². The van der Waals surface area contributed by atoms with Crippen LogP contribution in [0.4, 0.5) is 8.78 Å². The number of ether oxygens (including phenoxy) is 1. The van der Waals surface area contributed by atoms with Gasteiger partial charge in [-0.1, -0.05) is 22.9 Å². The van der Waals surface area contributed by atoms with Crippen LogP contribution in [0.1, 0.15) is 5.69 Å². The van der Waals surface area contributed by atoms with Crippen molar-refractivity contribution in [2.45, 2.75) is 17.6 Å². The average Bonchev–Trinajstić information content (AvgIpc) is 2.57. The third-order valence-electron chi connectivity index (χ3n) is 1.75. The third-order valence-corrected chi connectivity index (χ3v) is 5.09. The van der Waals surface area contributed by atoms with E-state index < -0.39 is 23.1 Å². The zero-order valence-corrected chi connectivity index (χ0v) is 11.7. The minimum atomic E-state index is -3.72. The first kappa shape index (κ1) is 15.7. The summed E-state index contributed by atoms with van der Waals surface area (Å²) in [5, 5.41) is 0. The molecule has 104 valence electrons. The lowest BCUT2D eigenvalue weighted by atomic mass is 10.6. The number of thiazole rings is 1. The average molecular weight is 321 g/mol. The minimum absolute atomic E-state index is 0.0151. The van der Waals surface area contributed by atoms with Crippen molar-refractivity contribution in [3.8, 4) is 0 Å². The van der Waals surface area contributed by atoms with E-state index in [1.165, 1.54) is 6.92 Å². The van der Waals surface area contributed by atoms with Crippen LogP contribution in [0.25, 0.3) is 0 Å². The summed E-state index contributed by atoms with van der Waals surface area (Å²) < 4.78 is 53.9. The van der Waals surface area contributed by atoms with Gasteiger partial charge < -0.3 is 4.74 Å². The van der Waals surface area contributed by atoms with Crippen LogP contribution in [0, 0.1) is 6.92 Å². The lowest BCUT2D eigenvalue weighted by molar-refractivity contribution is 0.0199. The molecule has 0 aromatic carbocycles. The number of aryl methyl sites for hydroxylation is 1. The second kappa shape index (κ2) is 6.71. The first-order chi connectivity index (χ1) is 8.33. The van der Waals surface area contributed by atoms with Crippen LogP contribution < -0.4 is 4.72 Å². The highest BCUT2D eigenvalue weighted by molar-refractivity contribution is 7.91. The van der Waals surface area contributed by atoms with Gasteiger partial charge in [-0.3, -0.25) is 0 Å². The van der Waals surface area contributed by atoms with Crippen LogP contribution in [0.2, 0.25) is 4.47 Å². The fourth-order valence-corrected chi connectivity index (χ4v) is 3.88. The summed E-state index contributed by atoms with van der Waals surface area (Å²) in [5.41, 5.74) is 0.297. The van der Waals surface area contributed by atoms with Gasteiger partial charge >= 0.3 is 0 Å². The zero-order chi connectivity index (χ0) is 13.8. The van der Waals surface area contributed by atoms with Crippen LogP contribution in [0.15, 0.2) is 4.21 Å². The van der Waals surface area contributed by atoms with E-state index in [1.807, 2.05) is 0 Å². The van der Waals surface area contributed by atoms with Gasteiger partial charge in [0.25, 0.3) is 16.4 Å². The van der Waals surface area contributed by atoms with E-state index in [4.69, 9.17) is 11.6 Å². The number of nitrogens with zero attached hydrogens (tertiary/aromatic N) is 1. The highest BCUT2D eigenvalue weighted by Crippen LogP contribution is 2.26. The van der Waals surface area contributed by atoms with E-state index in [-0.39, 0.29) is 21.8 Å². The summed E-state index contributed by atoms with van der Waals surface area (Å²) in [4.78, 5) is 3.78. The normalized spacial score (nSPS) is 12.3. The summed E-state index contributed by atoms with van der Waals surface area (Å²) >= 11 is 6.43. The van der Waals surface area contributed by atoms with E-state index in [9.17, 15) is 17.2 Å². The summed E-state index contributed by atoms with van der Waals surface area (Å²) in [6, 6.07) is 0. The molecule has 1 aromatic rings. The Morgan fingerprint density at radius 2 is 2.22 bits per heavy atom. The number of rotatable bonds is 7. The molecule has 0 radical (unpaired) electrons. The predicted octanol–water partition coefficient (Wildman–Crippen LogP) is 1.66. The van der Waals surface area contributed by atoms with Crippen LogP contribution in [-0.2, 0) is 14.8 Å². The topological polar surface area (TPSA) is 68.3 Å². The molecule has 0 amide bonds. The Labute approximate surface area is 112 Å². The van der Waals surface area contributed by atoms with Crippen molar-refractivity contribution in [2.75, 3.05) is 19.8 Å². The van der Waals surface area contributed by atoms with Crippen molar-refractivity contribution < 1.29 is 21.9 Å². The fraction of sp³-hybridized carbons (Fsp3) is 0.625. The van der Waals surface area contributed by atoms with Crippen molar-refractivity contribution in [1.82, 2.24) is 9.71 Å². The van der Waals surface area contributed by atoms with Gasteiger partial charge in [0.2, 0.25) is 0 Å². The highest BCUT2D eigenvalue weighted by Gasteiger charge is 2.20. The Bertz CT molecular complexity index is 493. The summed E-state index contributed by atoms with van der Waals surface area (Å²) in [6.07, 6.45) is -2.57. The highest BCUT2D eigenvalue weighted by atomic mass is 35.5. The molecule has 10 heteroatoms. The van der Waals surface area contributed by atoms with Gasteiger partial charge in [-0.2, -0.15) is 0 Å². The second-order valence-electron chi connectivity index (χ2n) is 3.20. The van der Waals surface area contributed by atoms with Crippen molar-refractivity contribution in [3.63, 3.8) is 0 Å². The number of aromatic nitrogens is 1. The predicted molar refractivity (Wildman–Crippen MR) is 63.9 cm³/mol. The first-order valence-electron chi connectivity index (χ1n) is 4.81. The zero-order valence-electron chi connectivity index (χ0n) is 9.32. The molecule has 5 nitrogen and oxygen atoms in total. The van der Waals surface area contributed by atoms with E-state index in [0.717, 1.165) is 11.3 Å². The number of nitrogens with one attached hydrogen (secondary N) is 1. The number of alkyl halides is 2. The molecule has 0 fully saturated rings. The molecule has 0 bridgehead atoms. The van der Waals surface area contributed by atoms with Gasteiger partial charge in [0.1, 0.15) is 6.61 Å². The van der Waals surface area contributed by atoms with Gasteiger partial charge in [-0.25, -0.2) is 26.9 Å². The number of hydrogen-bond acceptors (Lipinski definition) is 5. The van der Waals surface area contributed by atoms with E-state index in [2.05, 4.69) is 14.4 Å². The van der Waals surface area contributed by atoms with Gasteiger partial charge in [0.05, 0.1) is 12.3 Å². The van der Waals surface area contributed by atoms with E-state index in [1.54, 1.807) is 0 Å². The minimum Gasteiger partial charge on any atom is -0.374 e. The Morgan fingerprint density at radius 3 is 2.72 bits per heavy atom. The Morgan fingerprint density at radius 1 is 1.56 bits per heavy atom. The van der Waals surface area contributed by atoms with Crippen molar-refractivity contribution in [3.05, 3.63) is 10.2 Å². The molecule has 1 N–H and O–H groups in total. The molecule has 0 spiro atoms. The maximum Gasteiger partial charge on any atom is 0.261 e. The number of halogens is 3. The maximum absolute atomic E-state index is 11.8. The monoisotopic (exact) mass is 320 g/mol. The standard InChI is InChI=1S/C8H11ClF2N2O3S2/c1-5-7(17-8(9)13-5)18(14,15)12-2-3-16-4-6(10)11/h6,12H,2-4H2,1H3. The second-order valence-corrected chi connectivity index (χ2v) is 6.75. The fourth-order valence-electron chi connectivity index (χ4n) is 1.09. The van der Waals surface area contributed by atoms with E-state index in [0.29, 0.717) is 5.69 Å². The molecule has 0 saturated carbocycles. The lowest BCUT2D eigenvalue weighted by Crippen LogP contribution is -2.27. The largest absolute Gasteiger partial charge is 0.374 e. The lowest BCUT2D eigenvalue weighted by Gasteiger charge is -2.06. The Balaban J connectivity index is 2.48. The Kier molecular flexibility index (Phi) is 5.86. The van der Waals surface area contributed by atoms with Crippen molar-refractivity contribution in [1.29, 1.82) is 0 Å². The molecular formula is C8H11ClF2N2O3S2. The Hall–Kier alpha value is -0.350. The smallest absolute Gasteiger partial charge is 0.261 e. The third kappa shape index (κ3) is 4.73. The molecule has 0 atom stereocenters. The summed E-state index contributed by atoms with van der Waals surface area (Å²) in [5.74, 6) is 0. The maximum atomic E-state index is 11.8. The molecule has 18 heavy (non-hydrogen) atoms. The van der Waals surface area contributed by atoms with Crippen molar-refractivity contribution in [2.24, 2.45) is 0 Å². The van der Waals surface area contributed by atoms with Gasteiger partial charge in [0, 0.05) is 6.54 Å². The SMILES string of the molecule is Cc1nc(Cl)sc1S(=O)(=O)NCCOCC(F)F. The van der Waals surface area contributed by atoms with Crippen LogP contribution in [-0.4, -0.2) is 39.6 Å². The van der Waals surface area contributed by atoms with Gasteiger partial charge in [-0.15, -0.1) is 0 Å².